The molecule has 0 amide bonds. The van der Waals surface area contributed by atoms with Crippen molar-refractivity contribution in [1.29, 1.82) is 0 Å². The third kappa shape index (κ3) is 2.15. The van der Waals surface area contributed by atoms with Gasteiger partial charge in [0.2, 0.25) is 0 Å². The van der Waals surface area contributed by atoms with Crippen LogP contribution < -0.4 is 0 Å². The van der Waals surface area contributed by atoms with Crippen molar-refractivity contribution in [3.63, 3.8) is 0 Å². The van der Waals surface area contributed by atoms with E-state index in [-0.39, 0.29) is 5.75 Å². The van der Waals surface area contributed by atoms with E-state index in [1.165, 1.54) is 0 Å². The van der Waals surface area contributed by atoms with Gasteiger partial charge < -0.3 is 9.63 Å². The highest BCUT2D eigenvalue weighted by atomic mass is 16.5. The van der Waals surface area contributed by atoms with Crippen LogP contribution in [0.2, 0.25) is 0 Å². The maximum absolute atomic E-state index is 9.13. The van der Waals surface area contributed by atoms with Gasteiger partial charge in [-0.25, -0.2) is 0 Å². The van der Waals surface area contributed by atoms with Crippen molar-refractivity contribution in [2.45, 2.75) is 19.8 Å². The second-order valence-electron chi connectivity index (χ2n) is 3.31. The molecule has 0 radical (unpaired) electrons. The van der Waals surface area contributed by atoms with Gasteiger partial charge in [-0.1, -0.05) is 12.1 Å². The molecule has 1 aromatic carbocycles. The van der Waals surface area contributed by atoms with Gasteiger partial charge in [0.1, 0.15) is 5.75 Å². The molecule has 0 saturated carbocycles. The van der Waals surface area contributed by atoms with E-state index in [2.05, 4.69) is 17.1 Å². The summed E-state index contributed by atoms with van der Waals surface area (Å²) in [4.78, 5) is 4.24. The third-order valence-corrected chi connectivity index (χ3v) is 2.06. The van der Waals surface area contributed by atoms with Crippen molar-refractivity contribution < 1.29 is 9.63 Å². The third-order valence-electron chi connectivity index (χ3n) is 2.06. The maximum Gasteiger partial charge on any atom is 0.257 e. The number of aromatic hydroxyl groups is 1. The van der Waals surface area contributed by atoms with Crippen molar-refractivity contribution in [3.05, 3.63) is 30.1 Å². The molecule has 2 rings (SSSR count). The molecular weight excluding hydrogens is 192 g/mol. The normalized spacial score (nSPS) is 10.5. The smallest absolute Gasteiger partial charge is 0.257 e. The maximum atomic E-state index is 9.13. The van der Waals surface area contributed by atoms with E-state index >= 15 is 0 Å². The van der Waals surface area contributed by atoms with Crippen LogP contribution in [0.3, 0.4) is 0 Å². The topological polar surface area (TPSA) is 59.2 Å². The minimum Gasteiger partial charge on any atom is -0.508 e. The van der Waals surface area contributed by atoms with Crippen LogP contribution in [0.25, 0.3) is 11.5 Å². The van der Waals surface area contributed by atoms with Crippen molar-refractivity contribution in [3.8, 4) is 17.2 Å². The standard InChI is InChI=1S/C11H12N2O2/c1-2-3-10-12-11(15-13-10)8-4-6-9(14)7-5-8/h4-7,14H,2-3H2,1H3. The Hall–Kier alpha value is -1.84. The fourth-order valence-electron chi connectivity index (χ4n) is 1.30. The summed E-state index contributed by atoms with van der Waals surface area (Å²) in [5, 5.41) is 13.0. The molecule has 4 nitrogen and oxygen atoms in total. The number of rotatable bonds is 3. The predicted octanol–water partition coefficient (Wildman–Crippen LogP) is 2.39. The molecule has 4 heteroatoms. The zero-order chi connectivity index (χ0) is 10.7. The molecule has 15 heavy (non-hydrogen) atoms. The van der Waals surface area contributed by atoms with Gasteiger partial charge >= 0.3 is 0 Å². The lowest BCUT2D eigenvalue weighted by Crippen LogP contribution is -1.85. The Morgan fingerprint density at radius 1 is 1.27 bits per heavy atom. The SMILES string of the molecule is CCCc1noc(-c2ccc(O)cc2)n1. The van der Waals surface area contributed by atoms with Crippen LogP contribution in [-0.2, 0) is 6.42 Å². The summed E-state index contributed by atoms with van der Waals surface area (Å²) in [7, 11) is 0. The number of phenolic OH excluding ortho intramolecular Hbond substituents is 1. The quantitative estimate of drug-likeness (QED) is 0.833. The lowest BCUT2D eigenvalue weighted by molar-refractivity contribution is 0.422. The van der Waals surface area contributed by atoms with Crippen molar-refractivity contribution >= 4 is 0 Å². The Bertz CT molecular complexity index is 434. The number of phenols is 1. The summed E-state index contributed by atoms with van der Waals surface area (Å²) in [6, 6.07) is 6.69. The monoisotopic (exact) mass is 204 g/mol. The number of nitrogens with zero attached hydrogens (tertiary/aromatic N) is 2. The van der Waals surface area contributed by atoms with E-state index in [0.717, 1.165) is 24.2 Å². The van der Waals surface area contributed by atoms with Crippen molar-refractivity contribution in [2.75, 3.05) is 0 Å². The highest BCUT2D eigenvalue weighted by Crippen LogP contribution is 2.20. The van der Waals surface area contributed by atoms with Crippen LogP contribution >= 0.6 is 0 Å². The zero-order valence-electron chi connectivity index (χ0n) is 8.47. The van der Waals surface area contributed by atoms with E-state index < -0.39 is 0 Å². The molecule has 78 valence electrons. The van der Waals surface area contributed by atoms with E-state index in [4.69, 9.17) is 9.63 Å². The first kappa shape index (κ1) is 9.71. The fourth-order valence-corrected chi connectivity index (χ4v) is 1.30. The van der Waals surface area contributed by atoms with Crippen molar-refractivity contribution in [2.24, 2.45) is 0 Å². The first-order valence-electron chi connectivity index (χ1n) is 4.91. The molecule has 1 aromatic heterocycles. The van der Waals surface area contributed by atoms with E-state index in [9.17, 15) is 0 Å². The molecule has 0 atom stereocenters. The second-order valence-corrected chi connectivity index (χ2v) is 3.31. The van der Waals surface area contributed by atoms with Gasteiger partial charge in [0, 0.05) is 12.0 Å². The average Bonchev–Trinajstić information content (AvgIpc) is 2.68. The number of hydrogen-bond acceptors (Lipinski definition) is 4. The zero-order valence-corrected chi connectivity index (χ0v) is 8.47. The summed E-state index contributed by atoms with van der Waals surface area (Å²) < 4.78 is 5.10. The van der Waals surface area contributed by atoms with E-state index in [1.807, 2.05) is 0 Å². The molecule has 0 fully saturated rings. The summed E-state index contributed by atoms with van der Waals surface area (Å²) in [5.41, 5.74) is 0.822. The van der Waals surface area contributed by atoms with Gasteiger partial charge in [0.25, 0.3) is 5.89 Å². The highest BCUT2D eigenvalue weighted by molar-refractivity contribution is 5.53. The first-order valence-corrected chi connectivity index (χ1v) is 4.91. The Labute approximate surface area is 87.6 Å². The summed E-state index contributed by atoms with van der Waals surface area (Å²) in [6.45, 7) is 2.07. The lowest BCUT2D eigenvalue weighted by Gasteiger charge is -1.93. The van der Waals surface area contributed by atoms with Crippen LogP contribution in [0.15, 0.2) is 28.8 Å². The highest BCUT2D eigenvalue weighted by Gasteiger charge is 2.07. The summed E-state index contributed by atoms with van der Waals surface area (Å²) in [5.74, 6) is 1.45. The van der Waals surface area contributed by atoms with E-state index in [0.29, 0.717) is 5.89 Å². The molecule has 1 heterocycles. The Balaban J connectivity index is 2.25. The number of hydrogen-bond donors (Lipinski definition) is 1. The largest absolute Gasteiger partial charge is 0.508 e. The molecule has 0 spiro atoms. The molecular formula is C11H12N2O2. The van der Waals surface area contributed by atoms with Gasteiger partial charge in [0.05, 0.1) is 0 Å². The molecule has 0 aliphatic carbocycles. The Morgan fingerprint density at radius 3 is 2.67 bits per heavy atom. The number of aromatic nitrogens is 2. The van der Waals surface area contributed by atoms with Crippen LogP contribution in [-0.4, -0.2) is 15.2 Å². The first-order chi connectivity index (χ1) is 7.29. The van der Waals surface area contributed by atoms with Crippen LogP contribution in [0.5, 0.6) is 5.75 Å². The van der Waals surface area contributed by atoms with Crippen LogP contribution in [0.4, 0.5) is 0 Å². The molecule has 0 aliphatic rings. The Kier molecular flexibility index (Phi) is 2.67. The number of aryl methyl sites for hydroxylation is 1. The molecule has 1 N–H and O–H groups in total. The van der Waals surface area contributed by atoms with Gasteiger partial charge in [-0.05, 0) is 30.7 Å². The number of benzene rings is 1. The minimum absolute atomic E-state index is 0.229. The average molecular weight is 204 g/mol. The van der Waals surface area contributed by atoms with Gasteiger partial charge in [-0.2, -0.15) is 4.98 Å². The summed E-state index contributed by atoms with van der Waals surface area (Å²) in [6.07, 6.45) is 1.82. The van der Waals surface area contributed by atoms with E-state index in [1.54, 1.807) is 24.3 Å². The van der Waals surface area contributed by atoms with Gasteiger partial charge in [-0.15, -0.1) is 0 Å². The fraction of sp³-hybridized carbons (Fsp3) is 0.273. The summed E-state index contributed by atoms with van der Waals surface area (Å²) >= 11 is 0. The molecule has 2 aromatic rings. The predicted molar refractivity (Wildman–Crippen MR) is 55.4 cm³/mol. The Morgan fingerprint density at radius 2 is 2.00 bits per heavy atom. The molecule has 0 bridgehead atoms. The van der Waals surface area contributed by atoms with Crippen LogP contribution in [0.1, 0.15) is 19.2 Å². The lowest BCUT2D eigenvalue weighted by atomic mass is 10.2. The molecule has 0 aliphatic heterocycles. The van der Waals surface area contributed by atoms with Crippen molar-refractivity contribution in [1.82, 2.24) is 10.1 Å². The molecule has 0 saturated heterocycles. The van der Waals surface area contributed by atoms with Crippen LogP contribution in [0, 0.1) is 0 Å². The molecule has 0 unspecified atom stereocenters. The van der Waals surface area contributed by atoms with Gasteiger partial charge in [-0.3, -0.25) is 0 Å². The second kappa shape index (κ2) is 4.13. The van der Waals surface area contributed by atoms with Gasteiger partial charge in [0.15, 0.2) is 5.82 Å². The minimum atomic E-state index is 0.229.